The molecular weight excluding hydrogens is 354 g/mol. The highest BCUT2D eigenvalue weighted by Gasteiger charge is 2.18. The van der Waals surface area contributed by atoms with Gasteiger partial charge in [-0.3, -0.25) is 10.1 Å². The Morgan fingerprint density at radius 2 is 1.96 bits per heavy atom. The lowest BCUT2D eigenvalue weighted by Crippen LogP contribution is -2.08. The largest absolute Gasteiger partial charge is 0.490 e. The van der Waals surface area contributed by atoms with Crippen LogP contribution in [-0.2, 0) is 4.74 Å². The van der Waals surface area contributed by atoms with Crippen LogP contribution in [0, 0.1) is 10.1 Å². The number of rotatable bonds is 7. The molecule has 0 N–H and O–H groups in total. The van der Waals surface area contributed by atoms with Gasteiger partial charge in [0.25, 0.3) is 0 Å². The highest BCUT2D eigenvalue weighted by molar-refractivity contribution is 7.99. The van der Waals surface area contributed by atoms with Gasteiger partial charge in [0.05, 0.1) is 17.6 Å². The van der Waals surface area contributed by atoms with E-state index in [9.17, 15) is 14.9 Å². The molecule has 2 aromatic carbocycles. The highest BCUT2D eigenvalue weighted by Crippen LogP contribution is 2.28. The van der Waals surface area contributed by atoms with E-state index in [1.165, 1.54) is 31.0 Å². The number of thioether (sulfide) groups is 1. The van der Waals surface area contributed by atoms with Gasteiger partial charge in [-0.15, -0.1) is 11.8 Å². The highest BCUT2D eigenvalue weighted by atomic mass is 35.5. The topological polar surface area (TPSA) is 78.7 Å². The Morgan fingerprint density at radius 1 is 1.25 bits per heavy atom. The maximum Gasteiger partial charge on any atom is 0.338 e. The smallest absolute Gasteiger partial charge is 0.338 e. The molecule has 0 saturated carbocycles. The van der Waals surface area contributed by atoms with Gasteiger partial charge in [-0.05, 0) is 36.4 Å². The first-order valence-corrected chi connectivity index (χ1v) is 8.25. The standard InChI is InChI=1S/C16H14ClNO5S/c1-22-15-7-2-11(10-14(15)18(20)21)16(19)23-8-9-24-13-5-3-12(17)4-6-13/h2-7,10H,8-9H2,1H3. The minimum absolute atomic E-state index is 0.0924. The number of carbonyl (C=O) groups excluding carboxylic acids is 1. The molecule has 0 heterocycles. The average Bonchev–Trinajstić information content (AvgIpc) is 2.59. The van der Waals surface area contributed by atoms with Crippen molar-refractivity contribution in [1.29, 1.82) is 0 Å². The van der Waals surface area contributed by atoms with Crippen LogP contribution in [0.2, 0.25) is 5.02 Å². The number of benzene rings is 2. The van der Waals surface area contributed by atoms with Gasteiger partial charge in [0.1, 0.15) is 6.61 Å². The Balaban J connectivity index is 1.89. The lowest BCUT2D eigenvalue weighted by Gasteiger charge is -2.06. The minimum Gasteiger partial charge on any atom is -0.490 e. The Kier molecular flexibility index (Phi) is 6.45. The molecule has 24 heavy (non-hydrogen) atoms. The van der Waals surface area contributed by atoms with E-state index in [2.05, 4.69) is 0 Å². The molecule has 0 saturated heterocycles. The number of hydrogen-bond acceptors (Lipinski definition) is 6. The van der Waals surface area contributed by atoms with E-state index in [-0.39, 0.29) is 23.6 Å². The predicted octanol–water partition coefficient (Wildman–Crippen LogP) is 4.21. The first-order chi connectivity index (χ1) is 11.5. The quantitative estimate of drug-likeness (QED) is 0.240. The molecule has 0 aliphatic heterocycles. The number of esters is 1. The van der Waals surface area contributed by atoms with Crippen LogP contribution in [0.15, 0.2) is 47.4 Å². The van der Waals surface area contributed by atoms with E-state index in [0.717, 1.165) is 11.0 Å². The molecule has 0 aromatic heterocycles. The van der Waals surface area contributed by atoms with Crippen LogP contribution in [-0.4, -0.2) is 30.4 Å². The third-order valence-corrected chi connectivity index (χ3v) is 4.24. The number of nitrogens with zero attached hydrogens (tertiary/aromatic N) is 1. The molecule has 2 rings (SSSR count). The maximum atomic E-state index is 12.0. The first-order valence-electron chi connectivity index (χ1n) is 6.89. The molecule has 0 spiro atoms. The molecule has 0 atom stereocenters. The Bertz CT molecular complexity index is 736. The summed E-state index contributed by atoms with van der Waals surface area (Å²) in [6.45, 7) is 0.186. The molecule has 0 radical (unpaired) electrons. The second-order valence-corrected chi connectivity index (χ2v) is 6.19. The zero-order valence-corrected chi connectivity index (χ0v) is 14.3. The fourth-order valence-electron chi connectivity index (χ4n) is 1.87. The van der Waals surface area contributed by atoms with Crippen molar-refractivity contribution in [2.24, 2.45) is 0 Å². The molecule has 0 amide bonds. The monoisotopic (exact) mass is 367 g/mol. The molecule has 0 bridgehead atoms. The summed E-state index contributed by atoms with van der Waals surface area (Å²) in [6, 6.07) is 11.3. The van der Waals surface area contributed by atoms with Crippen molar-refractivity contribution >= 4 is 35.0 Å². The van der Waals surface area contributed by atoms with E-state index in [1.54, 1.807) is 12.1 Å². The molecule has 8 heteroatoms. The molecule has 126 valence electrons. The summed E-state index contributed by atoms with van der Waals surface area (Å²) in [7, 11) is 1.33. The zero-order valence-electron chi connectivity index (χ0n) is 12.7. The first kappa shape index (κ1) is 18.1. The lowest BCUT2D eigenvalue weighted by atomic mass is 10.2. The van der Waals surface area contributed by atoms with E-state index in [1.807, 2.05) is 12.1 Å². The van der Waals surface area contributed by atoms with Gasteiger partial charge in [-0.1, -0.05) is 11.6 Å². The number of carbonyl (C=O) groups is 1. The Morgan fingerprint density at radius 3 is 2.58 bits per heavy atom. The van der Waals surface area contributed by atoms with Crippen LogP contribution < -0.4 is 4.74 Å². The second-order valence-electron chi connectivity index (χ2n) is 4.58. The van der Waals surface area contributed by atoms with Crippen molar-refractivity contribution in [2.45, 2.75) is 4.90 Å². The fraction of sp³-hybridized carbons (Fsp3) is 0.188. The average molecular weight is 368 g/mol. The Hall–Kier alpha value is -2.25. The predicted molar refractivity (Wildman–Crippen MR) is 92.1 cm³/mol. The summed E-state index contributed by atoms with van der Waals surface area (Å²) in [5.41, 5.74) is -0.165. The SMILES string of the molecule is COc1ccc(C(=O)OCCSc2ccc(Cl)cc2)cc1[N+](=O)[O-]. The summed E-state index contributed by atoms with van der Waals surface area (Å²) in [5.74, 6) is 0.0401. The van der Waals surface area contributed by atoms with Crippen molar-refractivity contribution in [3.05, 3.63) is 63.2 Å². The van der Waals surface area contributed by atoms with Crippen molar-refractivity contribution in [3.8, 4) is 5.75 Å². The molecule has 0 unspecified atom stereocenters. The second kappa shape index (κ2) is 8.56. The molecule has 0 aliphatic rings. The van der Waals surface area contributed by atoms with Crippen LogP contribution in [0.5, 0.6) is 5.75 Å². The van der Waals surface area contributed by atoms with Crippen LogP contribution in [0.1, 0.15) is 10.4 Å². The number of nitro benzene ring substituents is 1. The summed E-state index contributed by atoms with van der Waals surface area (Å²) in [5, 5.41) is 11.6. The summed E-state index contributed by atoms with van der Waals surface area (Å²) < 4.78 is 10.0. The number of nitro groups is 1. The Labute approximate surface area is 147 Å². The van der Waals surface area contributed by atoms with Crippen LogP contribution >= 0.6 is 23.4 Å². The van der Waals surface area contributed by atoms with Gasteiger partial charge >= 0.3 is 11.7 Å². The fourth-order valence-corrected chi connectivity index (χ4v) is 2.72. The molecule has 0 fully saturated rings. The number of ether oxygens (including phenoxy) is 2. The maximum absolute atomic E-state index is 12.0. The van der Waals surface area contributed by atoms with Crippen molar-refractivity contribution in [2.75, 3.05) is 19.5 Å². The van der Waals surface area contributed by atoms with Crippen molar-refractivity contribution in [3.63, 3.8) is 0 Å². The van der Waals surface area contributed by atoms with Crippen molar-refractivity contribution in [1.82, 2.24) is 0 Å². The summed E-state index contributed by atoms with van der Waals surface area (Å²) in [4.78, 5) is 23.3. The zero-order chi connectivity index (χ0) is 17.5. The van der Waals surface area contributed by atoms with Crippen LogP contribution in [0.25, 0.3) is 0 Å². The van der Waals surface area contributed by atoms with Gasteiger partial charge in [0.15, 0.2) is 5.75 Å². The third kappa shape index (κ3) is 4.87. The molecule has 6 nitrogen and oxygen atoms in total. The van der Waals surface area contributed by atoms with Gasteiger partial charge in [0, 0.05) is 21.7 Å². The number of hydrogen-bond donors (Lipinski definition) is 0. The minimum atomic E-state index is -0.613. The van der Waals surface area contributed by atoms with E-state index in [0.29, 0.717) is 10.8 Å². The van der Waals surface area contributed by atoms with Crippen molar-refractivity contribution < 1.29 is 19.2 Å². The van der Waals surface area contributed by atoms with E-state index < -0.39 is 10.9 Å². The van der Waals surface area contributed by atoms with Crippen LogP contribution in [0.3, 0.4) is 0 Å². The van der Waals surface area contributed by atoms with Gasteiger partial charge < -0.3 is 9.47 Å². The van der Waals surface area contributed by atoms with Gasteiger partial charge in [-0.25, -0.2) is 4.79 Å². The molecular formula is C16H14ClNO5S. The van der Waals surface area contributed by atoms with Crippen LogP contribution in [0.4, 0.5) is 5.69 Å². The molecule has 0 aliphatic carbocycles. The lowest BCUT2D eigenvalue weighted by molar-refractivity contribution is -0.385. The number of halogens is 1. The van der Waals surface area contributed by atoms with Gasteiger partial charge in [-0.2, -0.15) is 0 Å². The number of methoxy groups -OCH3 is 1. The van der Waals surface area contributed by atoms with E-state index >= 15 is 0 Å². The summed E-state index contributed by atoms with van der Waals surface area (Å²) >= 11 is 7.32. The molecule has 2 aromatic rings. The third-order valence-electron chi connectivity index (χ3n) is 3.01. The normalized spacial score (nSPS) is 10.2. The summed E-state index contributed by atoms with van der Waals surface area (Å²) in [6.07, 6.45) is 0. The van der Waals surface area contributed by atoms with Gasteiger partial charge in [0.2, 0.25) is 0 Å². The van der Waals surface area contributed by atoms with E-state index in [4.69, 9.17) is 21.1 Å².